The molecule has 0 amide bonds. The van der Waals surface area contributed by atoms with Crippen molar-refractivity contribution in [1.29, 1.82) is 0 Å². The van der Waals surface area contributed by atoms with E-state index < -0.39 is 0 Å². The van der Waals surface area contributed by atoms with Crippen LogP contribution in [0.4, 0.5) is 17.3 Å². The summed E-state index contributed by atoms with van der Waals surface area (Å²) < 4.78 is 0. The van der Waals surface area contributed by atoms with E-state index in [9.17, 15) is 0 Å². The molecule has 1 aliphatic rings. The summed E-state index contributed by atoms with van der Waals surface area (Å²) in [5.74, 6) is 2.01. The van der Waals surface area contributed by atoms with E-state index in [1.54, 1.807) is 6.33 Å². The van der Waals surface area contributed by atoms with E-state index in [1.807, 2.05) is 0 Å². The molecule has 1 aliphatic heterocycles. The van der Waals surface area contributed by atoms with E-state index in [0.29, 0.717) is 0 Å². The Kier molecular flexibility index (Phi) is 3.54. The Morgan fingerprint density at radius 1 is 1.20 bits per heavy atom. The summed E-state index contributed by atoms with van der Waals surface area (Å²) in [4.78, 5) is 11.2. The number of aromatic nitrogens is 2. The molecular formula is C16H20N4. The van der Waals surface area contributed by atoms with Gasteiger partial charge in [-0.3, -0.25) is 0 Å². The molecule has 2 aromatic rings. The van der Waals surface area contributed by atoms with Crippen molar-refractivity contribution in [2.45, 2.75) is 26.7 Å². The third-order valence-corrected chi connectivity index (χ3v) is 3.76. The number of hydrogen-bond acceptors (Lipinski definition) is 4. The molecule has 0 unspecified atom stereocenters. The van der Waals surface area contributed by atoms with Crippen molar-refractivity contribution < 1.29 is 0 Å². The van der Waals surface area contributed by atoms with Crippen molar-refractivity contribution >= 4 is 17.3 Å². The fourth-order valence-electron chi connectivity index (χ4n) is 2.84. The summed E-state index contributed by atoms with van der Waals surface area (Å²) in [6.45, 7) is 6.12. The average Bonchev–Trinajstić information content (AvgIpc) is 2.91. The number of fused-ring (bicyclic) bond motifs is 1. The van der Waals surface area contributed by atoms with Gasteiger partial charge in [-0.15, -0.1) is 0 Å². The fraction of sp³-hybridized carbons (Fsp3) is 0.375. The maximum absolute atomic E-state index is 4.55. The molecule has 0 saturated heterocycles. The van der Waals surface area contributed by atoms with Crippen LogP contribution in [0.15, 0.2) is 30.6 Å². The van der Waals surface area contributed by atoms with E-state index >= 15 is 0 Å². The molecule has 2 heterocycles. The van der Waals surface area contributed by atoms with Crippen LogP contribution in [0, 0.1) is 0 Å². The number of rotatable bonds is 4. The van der Waals surface area contributed by atoms with Gasteiger partial charge in [0.05, 0.1) is 0 Å². The van der Waals surface area contributed by atoms with Crippen molar-refractivity contribution in [3.05, 3.63) is 41.7 Å². The number of para-hydroxylation sites is 1. The molecule has 0 radical (unpaired) electrons. The zero-order valence-electron chi connectivity index (χ0n) is 12.1. The minimum atomic E-state index is 0.875. The Bertz CT molecular complexity index is 609. The minimum absolute atomic E-state index is 0.875. The standard InChI is InChI=1S/C16H20N4/c1-3-13-15(17-4-2)18-11-19-16(13)20-10-9-12-7-5-6-8-14(12)20/h5-8,11H,3-4,9-10H2,1-2H3,(H,17,18,19). The van der Waals surface area contributed by atoms with Gasteiger partial charge in [0.2, 0.25) is 0 Å². The molecule has 0 spiro atoms. The Hall–Kier alpha value is -2.10. The van der Waals surface area contributed by atoms with E-state index in [4.69, 9.17) is 0 Å². The summed E-state index contributed by atoms with van der Waals surface area (Å²) in [5.41, 5.74) is 3.88. The van der Waals surface area contributed by atoms with Gasteiger partial charge in [-0.05, 0) is 31.4 Å². The molecule has 0 fully saturated rings. The highest BCUT2D eigenvalue weighted by atomic mass is 15.2. The van der Waals surface area contributed by atoms with Gasteiger partial charge in [-0.1, -0.05) is 25.1 Å². The smallest absolute Gasteiger partial charge is 0.141 e. The number of nitrogens with one attached hydrogen (secondary N) is 1. The normalized spacial score (nSPS) is 13.4. The second kappa shape index (κ2) is 5.49. The van der Waals surface area contributed by atoms with Crippen LogP contribution in [-0.2, 0) is 12.8 Å². The molecule has 4 heteroatoms. The van der Waals surface area contributed by atoms with Crippen LogP contribution >= 0.6 is 0 Å². The molecule has 0 aliphatic carbocycles. The van der Waals surface area contributed by atoms with Crippen molar-refractivity contribution in [2.75, 3.05) is 23.3 Å². The molecule has 3 rings (SSSR count). The van der Waals surface area contributed by atoms with Gasteiger partial charge in [-0.25, -0.2) is 9.97 Å². The Morgan fingerprint density at radius 2 is 2.05 bits per heavy atom. The summed E-state index contributed by atoms with van der Waals surface area (Å²) >= 11 is 0. The van der Waals surface area contributed by atoms with Gasteiger partial charge in [0.1, 0.15) is 18.0 Å². The zero-order chi connectivity index (χ0) is 13.9. The molecule has 20 heavy (non-hydrogen) atoms. The Balaban J connectivity index is 2.05. The van der Waals surface area contributed by atoms with Gasteiger partial charge in [0.25, 0.3) is 0 Å². The summed E-state index contributed by atoms with van der Waals surface area (Å²) in [5, 5.41) is 3.34. The van der Waals surface area contributed by atoms with Gasteiger partial charge < -0.3 is 10.2 Å². The highest BCUT2D eigenvalue weighted by molar-refractivity contribution is 5.72. The maximum Gasteiger partial charge on any atom is 0.141 e. The van der Waals surface area contributed by atoms with E-state index in [2.05, 4.69) is 58.3 Å². The Morgan fingerprint density at radius 3 is 2.85 bits per heavy atom. The third-order valence-electron chi connectivity index (χ3n) is 3.76. The topological polar surface area (TPSA) is 41.1 Å². The Labute approximate surface area is 119 Å². The first kappa shape index (κ1) is 12.9. The van der Waals surface area contributed by atoms with Crippen LogP contribution in [0.1, 0.15) is 25.0 Å². The lowest BCUT2D eigenvalue weighted by Gasteiger charge is -2.22. The molecule has 104 valence electrons. The predicted octanol–water partition coefficient (Wildman–Crippen LogP) is 3.17. The number of hydrogen-bond donors (Lipinski definition) is 1. The summed E-state index contributed by atoms with van der Waals surface area (Å²) in [6.07, 6.45) is 3.67. The van der Waals surface area contributed by atoms with Gasteiger partial charge in [0, 0.05) is 24.3 Å². The van der Waals surface area contributed by atoms with Gasteiger partial charge in [-0.2, -0.15) is 0 Å². The van der Waals surface area contributed by atoms with E-state index in [1.165, 1.54) is 16.8 Å². The van der Waals surface area contributed by atoms with Crippen molar-refractivity contribution in [2.24, 2.45) is 0 Å². The predicted molar refractivity (Wildman–Crippen MR) is 82.7 cm³/mol. The van der Waals surface area contributed by atoms with Gasteiger partial charge >= 0.3 is 0 Å². The monoisotopic (exact) mass is 268 g/mol. The minimum Gasteiger partial charge on any atom is -0.370 e. The lowest BCUT2D eigenvalue weighted by atomic mass is 10.1. The van der Waals surface area contributed by atoms with Crippen LogP contribution < -0.4 is 10.2 Å². The quantitative estimate of drug-likeness (QED) is 0.924. The van der Waals surface area contributed by atoms with E-state index in [0.717, 1.165) is 37.6 Å². The number of nitrogens with zero attached hydrogens (tertiary/aromatic N) is 3. The van der Waals surface area contributed by atoms with Crippen molar-refractivity contribution in [1.82, 2.24) is 9.97 Å². The summed E-state index contributed by atoms with van der Waals surface area (Å²) in [6, 6.07) is 8.58. The first-order chi connectivity index (χ1) is 9.85. The first-order valence-electron chi connectivity index (χ1n) is 7.28. The lowest BCUT2D eigenvalue weighted by Crippen LogP contribution is -2.18. The molecule has 1 aromatic carbocycles. The molecule has 4 nitrogen and oxygen atoms in total. The zero-order valence-corrected chi connectivity index (χ0v) is 12.1. The van der Waals surface area contributed by atoms with Crippen LogP contribution in [0.3, 0.4) is 0 Å². The molecule has 1 aromatic heterocycles. The first-order valence-corrected chi connectivity index (χ1v) is 7.28. The fourth-order valence-corrected chi connectivity index (χ4v) is 2.84. The maximum atomic E-state index is 4.55. The summed E-state index contributed by atoms with van der Waals surface area (Å²) in [7, 11) is 0. The van der Waals surface area contributed by atoms with Crippen LogP contribution in [-0.4, -0.2) is 23.1 Å². The second-order valence-corrected chi connectivity index (χ2v) is 4.94. The largest absolute Gasteiger partial charge is 0.370 e. The van der Waals surface area contributed by atoms with Crippen molar-refractivity contribution in [3.8, 4) is 0 Å². The molecule has 1 N–H and O–H groups in total. The van der Waals surface area contributed by atoms with Crippen LogP contribution in [0.5, 0.6) is 0 Å². The lowest BCUT2D eigenvalue weighted by molar-refractivity contribution is 0.932. The molecule has 0 bridgehead atoms. The van der Waals surface area contributed by atoms with Gasteiger partial charge in [0.15, 0.2) is 0 Å². The highest BCUT2D eigenvalue weighted by Crippen LogP contribution is 2.36. The highest BCUT2D eigenvalue weighted by Gasteiger charge is 2.23. The van der Waals surface area contributed by atoms with Crippen molar-refractivity contribution in [3.63, 3.8) is 0 Å². The van der Waals surface area contributed by atoms with Crippen LogP contribution in [0.2, 0.25) is 0 Å². The second-order valence-electron chi connectivity index (χ2n) is 4.94. The molecule has 0 atom stereocenters. The van der Waals surface area contributed by atoms with E-state index in [-0.39, 0.29) is 0 Å². The van der Waals surface area contributed by atoms with Crippen LogP contribution in [0.25, 0.3) is 0 Å². The number of anilines is 3. The number of benzene rings is 1. The molecular weight excluding hydrogens is 248 g/mol. The molecule has 0 saturated carbocycles. The average molecular weight is 268 g/mol. The SMILES string of the molecule is CCNc1ncnc(N2CCc3ccccc32)c1CC. The third kappa shape index (κ3) is 2.11.